The van der Waals surface area contributed by atoms with Crippen LogP contribution in [0.1, 0.15) is 41.1 Å². The maximum Gasteiger partial charge on any atom is 0.266 e. The summed E-state index contributed by atoms with van der Waals surface area (Å²) in [6, 6.07) is 9.16. The van der Waals surface area contributed by atoms with E-state index in [4.69, 9.17) is 5.73 Å². The molecule has 3 aromatic rings. The minimum Gasteiger partial charge on any atom is -0.369 e. The van der Waals surface area contributed by atoms with Crippen molar-refractivity contribution >= 4 is 29.5 Å². The number of carbonyl (C=O) groups excluding carboxylic acids is 2. The lowest BCUT2D eigenvalue weighted by molar-refractivity contribution is -0.129. The Bertz CT molecular complexity index is 1080. The Morgan fingerprint density at radius 1 is 1.13 bits per heavy atom. The molecular formula is C22H23N5O2S. The zero-order chi connectivity index (χ0) is 21.7. The molecule has 1 atom stereocenters. The molecule has 7 nitrogen and oxygen atoms in total. The first-order valence-electron chi connectivity index (χ1n) is 9.51. The molecule has 2 aromatic heterocycles. The average Bonchev–Trinajstić information content (AvgIpc) is 3.35. The highest BCUT2D eigenvalue weighted by Gasteiger charge is 2.50. The van der Waals surface area contributed by atoms with E-state index >= 15 is 0 Å². The third-order valence-corrected chi connectivity index (χ3v) is 5.43. The monoisotopic (exact) mass is 421 g/mol. The van der Waals surface area contributed by atoms with Crippen molar-refractivity contribution in [2.75, 3.05) is 7.05 Å². The van der Waals surface area contributed by atoms with E-state index in [-0.39, 0.29) is 11.9 Å². The number of amides is 1. The van der Waals surface area contributed by atoms with Gasteiger partial charge in [-0.05, 0) is 28.6 Å². The Morgan fingerprint density at radius 2 is 1.83 bits per heavy atom. The van der Waals surface area contributed by atoms with Crippen molar-refractivity contribution in [1.82, 2.24) is 14.9 Å². The van der Waals surface area contributed by atoms with Crippen LogP contribution in [-0.4, -0.2) is 40.1 Å². The van der Waals surface area contributed by atoms with Gasteiger partial charge >= 0.3 is 0 Å². The molecule has 1 aliphatic heterocycles. The summed E-state index contributed by atoms with van der Waals surface area (Å²) in [7, 11) is 1.59. The van der Waals surface area contributed by atoms with Gasteiger partial charge in [0.25, 0.3) is 5.91 Å². The van der Waals surface area contributed by atoms with Crippen molar-refractivity contribution in [3.05, 3.63) is 70.4 Å². The summed E-state index contributed by atoms with van der Waals surface area (Å²) in [6.07, 6.45) is 6.87. The maximum atomic E-state index is 13.2. The molecule has 1 aromatic carbocycles. The minimum absolute atomic E-state index is 0.132. The Balaban J connectivity index is 0.000000806. The zero-order valence-corrected chi connectivity index (χ0v) is 17.9. The number of guanidine groups is 1. The lowest BCUT2D eigenvalue weighted by Crippen LogP contribution is -2.41. The summed E-state index contributed by atoms with van der Waals surface area (Å²) in [5.41, 5.74) is 7.62. The Labute approximate surface area is 179 Å². The van der Waals surface area contributed by atoms with E-state index in [1.54, 1.807) is 30.9 Å². The van der Waals surface area contributed by atoms with Gasteiger partial charge in [-0.2, -0.15) is 0 Å². The molecule has 1 aliphatic rings. The van der Waals surface area contributed by atoms with Crippen LogP contribution in [0.3, 0.4) is 0 Å². The molecular weight excluding hydrogens is 398 g/mol. The predicted molar refractivity (Wildman–Crippen MR) is 118 cm³/mol. The second-order valence-electron chi connectivity index (χ2n) is 6.82. The first kappa shape index (κ1) is 21.3. The predicted octanol–water partition coefficient (Wildman–Crippen LogP) is 3.46. The van der Waals surface area contributed by atoms with Crippen molar-refractivity contribution in [3.63, 3.8) is 0 Å². The number of aldehydes is 1. The number of rotatable bonds is 4. The smallest absolute Gasteiger partial charge is 0.266 e. The van der Waals surface area contributed by atoms with Gasteiger partial charge in [-0.15, -0.1) is 11.3 Å². The fourth-order valence-electron chi connectivity index (χ4n) is 3.16. The summed E-state index contributed by atoms with van der Waals surface area (Å²) in [6.45, 7) is 4.25. The van der Waals surface area contributed by atoms with Crippen molar-refractivity contribution in [2.45, 2.75) is 25.8 Å². The number of nitrogens with two attached hydrogens (primary N) is 1. The second-order valence-corrected chi connectivity index (χ2v) is 7.76. The SMILES string of the molecule is CCC.CN1C(=O)C(c2cccc(-c3cncnc3)c2)(c2csc(C=O)c2)N=C1N. The maximum absolute atomic E-state index is 13.2. The molecule has 30 heavy (non-hydrogen) atoms. The molecule has 0 spiro atoms. The zero-order valence-electron chi connectivity index (χ0n) is 17.1. The minimum atomic E-state index is -1.32. The molecule has 0 saturated carbocycles. The summed E-state index contributed by atoms with van der Waals surface area (Å²) < 4.78 is 0. The van der Waals surface area contributed by atoms with Gasteiger partial charge in [-0.1, -0.05) is 38.5 Å². The van der Waals surface area contributed by atoms with Gasteiger partial charge < -0.3 is 5.73 Å². The van der Waals surface area contributed by atoms with E-state index in [1.165, 1.54) is 29.0 Å². The van der Waals surface area contributed by atoms with E-state index in [0.29, 0.717) is 16.0 Å². The van der Waals surface area contributed by atoms with Crippen LogP contribution in [0.25, 0.3) is 11.1 Å². The highest BCUT2D eigenvalue weighted by Crippen LogP contribution is 2.41. The summed E-state index contributed by atoms with van der Waals surface area (Å²) in [5, 5.41) is 1.77. The molecule has 0 fully saturated rings. The highest BCUT2D eigenvalue weighted by molar-refractivity contribution is 7.11. The Morgan fingerprint density at radius 3 is 2.40 bits per heavy atom. The number of hydrogen-bond acceptors (Lipinski definition) is 7. The fourth-order valence-corrected chi connectivity index (χ4v) is 3.91. The average molecular weight is 422 g/mol. The summed E-state index contributed by atoms with van der Waals surface area (Å²) in [4.78, 5) is 38.9. The number of aliphatic imine (C=N–C) groups is 1. The Kier molecular flexibility index (Phi) is 6.37. The van der Waals surface area contributed by atoms with E-state index in [2.05, 4.69) is 28.8 Å². The van der Waals surface area contributed by atoms with Crippen molar-refractivity contribution in [1.29, 1.82) is 0 Å². The van der Waals surface area contributed by atoms with Crippen LogP contribution >= 0.6 is 11.3 Å². The van der Waals surface area contributed by atoms with Crippen molar-refractivity contribution in [2.24, 2.45) is 10.7 Å². The van der Waals surface area contributed by atoms with E-state index < -0.39 is 5.54 Å². The third kappa shape index (κ3) is 3.73. The van der Waals surface area contributed by atoms with Crippen LogP contribution in [0.4, 0.5) is 0 Å². The first-order valence-corrected chi connectivity index (χ1v) is 10.4. The quantitative estimate of drug-likeness (QED) is 0.650. The van der Waals surface area contributed by atoms with E-state index in [9.17, 15) is 9.59 Å². The van der Waals surface area contributed by atoms with Gasteiger partial charge in [-0.25, -0.2) is 15.0 Å². The van der Waals surface area contributed by atoms with E-state index in [1.807, 2.05) is 24.3 Å². The molecule has 8 heteroatoms. The summed E-state index contributed by atoms with van der Waals surface area (Å²) >= 11 is 1.27. The van der Waals surface area contributed by atoms with Crippen molar-refractivity contribution < 1.29 is 9.59 Å². The molecule has 3 heterocycles. The molecule has 1 unspecified atom stereocenters. The van der Waals surface area contributed by atoms with E-state index in [0.717, 1.165) is 17.4 Å². The second kappa shape index (κ2) is 8.96. The number of nitrogens with zero attached hydrogens (tertiary/aromatic N) is 4. The number of benzene rings is 1. The van der Waals surface area contributed by atoms with Gasteiger partial charge in [0.2, 0.25) is 0 Å². The van der Waals surface area contributed by atoms with Crippen LogP contribution in [0.2, 0.25) is 0 Å². The lowest BCUT2D eigenvalue weighted by atomic mass is 9.83. The molecule has 0 bridgehead atoms. The molecule has 4 rings (SSSR count). The standard InChI is InChI=1S/C19H15N5O2S.C3H8/c1-24-17(26)19(23-18(24)20,15-6-16(9-25)27-10-15)14-4-2-3-12(5-14)13-7-21-11-22-8-13;1-3-2/h2-11H,1H3,(H2,20,23);3H2,1-2H3. The van der Waals surface area contributed by atoms with Crippen molar-refractivity contribution in [3.8, 4) is 11.1 Å². The van der Waals surface area contributed by atoms with Gasteiger partial charge in [0, 0.05) is 30.6 Å². The molecule has 0 radical (unpaired) electrons. The highest BCUT2D eigenvalue weighted by atomic mass is 32.1. The van der Waals surface area contributed by atoms with Crippen LogP contribution < -0.4 is 5.73 Å². The third-order valence-electron chi connectivity index (χ3n) is 4.57. The molecule has 1 amide bonds. The first-order chi connectivity index (χ1) is 14.5. The van der Waals surface area contributed by atoms with Crippen LogP contribution in [-0.2, 0) is 10.3 Å². The number of likely N-dealkylation sites (N-methyl/N-ethyl adjacent to an activating group) is 1. The topological polar surface area (TPSA) is 102 Å². The fraction of sp³-hybridized carbons (Fsp3) is 0.227. The molecule has 154 valence electrons. The molecule has 2 N–H and O–H groups in total. The lowest BCUT2D eigenvalue weighted by Gasteiger charge is -2.25. The number of aromatic nitrogens is 2. The van der Waals surface area contributed by atoms with Gasteiger partial charge in [0.15, 0.2) is 17.8 Å². The number of carbonyl (C=O) groups is 2. The van der Waals surface area contributed by atoms with Gasteiger partial charge in [0.1, 0.15) is 6.33 Å². The van der Waals surface area contributed by atoms with Gasteiger partial charge in [-0.3, -0.25) is 14.5 Å². The number of thiophene rings is 1. The van der Waals surface area contributed by atoms with Crippen LogP contribution in [0.15, 0.2) is 59.4 Å². The summed E-state index contributed by atoms with van der Waals surface area (Å²) in [5.74, 6) is -0.135. The number of hydrogen-bond donors (Lipinski definition) is 1. The molecule has 0 aliphatic carbocycles. The normalized spacial score (nSPS) is 17.9. The van der Waals surface area contributed by atoms with Gasteiger partial charge in [0.05, 0.1) is 4.88 Å². The molecule has 0 saturated heterocycles. The Hall–Kier alpha value is -3.39. The van der Waals surface area contributed by atoms with Crippen LogP contribution in [0.5, 0.6) is 0 Å². The van der Waals surface area contributed by atoms with Crippen LogP contribution in [0, 0.1) is 0 Å². The largest absolute Gasteiger partial charge is 0.369 e.